The molecule has 2 atom stereocenters. The van der Waals surface area contributed by atoms with Gasteiger partial charge in [0, 0.05) is 18.6 Å². The van der Waals surface area contributed by atoms with E-state index in [-0.39, 0.29) is 0 Å². The summed E-state index contributed by atoms with van der Waals surface area (Å²) in [5, 5.41) is 13.0. The van der Waals surface area contributed by atoms with Gasteiger partial charge in [0.1, 0.15) is 5.54 Å². The van der Waals surface area contributed by atoms with E-state index in [0.29, 0.717) is 12.1 Å². The fourth-order valence-electron chi connectivity index (χ4n) is 2.27. The van der Waals surface area contributed by atoms with Gasteiger partial charge in [-0.3, -0.25) is 10.2 Å². The van der Waals surface area contributed by atoms with Crippen LogP contribution in [-0.2, 0) is 0 Å². The molecule has 1 fully saturated rings. The van der Waals surface area contributed by atoms with Gasteiger partial charge in [0.2, 0.25) is 0 Å². The lowest BCUT2D eigenvalue weighted by atomic mass is 10.0. The zero-order valence-electron chi connectivity index (χ0n) is 12.5. The van der Waals surface area contributed by atoms with Crippen molar-refractivity contribution < 1.29 is 0 Å². The third kappa shape index (κ3) is 4.96. The van der Waals surface area contributed by atoms with Crippen LogP contribution in [-0.4, -0.2) is 35.6 Å². The van der Waals surface area contributed by atoms with Crippen molar-refractivity contribution in [2.24, 2.45) is 0 Å². The molecule has 0 aromatic carbocycles. The van der Waals surface area contributed by atoms with Crippen molar-refractivity contribution in [3.63, 3.8) is 0 Å². The summed E-state index contributed by atoms with van der Waals surface area (Å²) < 4.78 is 0. The first-order chi connectivity index (χ1) is 8.54. The van der Waals surface area contributed by atoms with Gasteiger partial charge in [-0.1, -0.05) is 20.3 Å². The van der Waals surface area contributed by atoms with Crippen molar-refractivity contribution in [2.75, 3.05) is 13.1 Å². The molecule has 1 aliphatic carbocycles. The van der Waals surface area contributed by atoms with E-state index in [0.717, 1.165) is 19.5 Å². The number of rotatable bonds is 9. The highest BCUT2D eigenvalue weighted by atomic mass is 15.2. The fourth-order valence-corrected chi connectivity index (χ4v) is 2.27. The van der Waals surface area contributed by atoms with Crippen molar-refractivity contribution in [3.05, 3.63) is 0 Å². The molecule has 0 spiro atoms. The van der Waals surface area contributed by atoms with Crippen LogP contribution in [0.25, 0.3) is 0 Å². The van der Waals surface area contributed by atoms with Crippen LogP contribution in [0, 0.1) is 11.3 Å². The Labute approximate surface area is 113 Å². The lowest BCUT2D eigenvalue weighted by Crippen LogP contribution is -2.53. The lowest BCUT2D eigenvalue weighted by molar-refractivity contribution is 0.163. The minimum absolute atomic E-state index is 0.391. The average Bonchev–Trinajstić information content (AvgIpc) is 3.17. The Morgan fingerprint density at radius 3 is 2.56 bits per heavy atom. The third-order valence-electron chi connectivity index (χ3n) is 3.88. The highest BCUT2D eigenvalue weighted by molar-refractivity contribution is 5.09. The topological polar surface area (TPSA) is 39.1 Å². The number of nitrogens with zero attached hydrogens (tertiary/aromatic N) is 2. The van der Waals surface area contributed by atoms with Gasteiger partial charge < -0.3 is 0 Å². The normalized spacial score (nSPS) is 20.4. The van der Waals surface area contributed by atoms with E-state index in [1.807, 2.05) is 6.92 Å². The summed E-state index contributed by atoms with van der Waals surface area (Å²) in [4.78, 5) is 2.47. The minimum atomic E-state index is -0.391. The molecule has 3 nitrogen and oxygen atoms in total. The van der Waals surface area contributed by atoms with Crippen LogP contribution in [0.3, 0.4) is 0 Å². The molecule has 1 rings (SSSR count). The molecule has 1 aliphatic rings. The Bertz CT molecular complexity index is 280. The summed E-state index contributed by atoms with van der Waals surface area (Å²) in [6, 6.07) is 3.63. The fraction of sp³-hybridized carbons (Fsp3) is 0.933. The predicted octanol–water partition coefficient (Wildman–Crippen LogP) is 2.92. The highest BCUT2D eigenvalue weighted by Crippen LogP contribution is 2.23. The van der Waals surface area contributed by atoms with Crippen LogP contribution in [0.2, 0.25) is 0 Å². The highest BCUT2D eigenvalue weighted by Gasteiger charge is 2.34. The van der Waals surface area contributed by atoms with Crippen molar-refractivity contribution >= 4 is 0 Å². The molecular weight excluding hydrogens is 222 g/mol. The number of nitriles is 1. The van der Waals surface area contributed by atoms with E-state index in [4.69, 9.17) is 0 Å². The molecule has 0 heterocycles. The lowest BCUT2D eigenvalue weighted by Gasteiger charge is -2.35. The molecule has 0 radical (unpaired) electrons. The third-order valence-corrected chi connectivity index (χ3v) is 3.88. The predicted molar refractivity (Wildman–Crippen MR) is 76.4 cm³/mol. The maximum absolute atomic E-state index is 9.45. The van der Waals surface area contributed by atoms with Crippen LogP contribution in [0.4, 0.5) is 0 Å². The SMILES string of the molecule is CCCCN(CC(C)(C#N)NC1CC1)C(C)CC. The summed E-state index contributed by atoms with van der Waals surface area (Å²) >= 11 is 0. The van der Waals surface area contributed by atoms with E-state index in [2.05, 4.69) is 37.1 Å². The van der Waals surface area contributed by atoms with Crippen LogP contribution in [0.15, 0.2) is 0 Å². The zero-order valence-corrected chi connectivity index (χ0v) is 12.5. The van der Waals surface area contributed by atoms with Gasteiger partial charge in [-0.2, -0.15) is 5.26 Å². The molecule has 0 aromatic heterocycles. The second kappa shape index (κ2) is 7.11. The zero-order chi connectivity index (χ0) is 13.6. The summed E-state index contributed by atoms with van der Waals surface area (Å²) in [6.45, 7) is 10.7. The number of nitrogens with one attached hydrogen (secondary N) is 1. The Morgan fingerprint density at radius 1 is 1.44 bits per heavy atom. The van der Waals surface area contributed by atoms with Crippen LogP contribution >= 0.6 is 0 Å². The van der Waals surface area contributed by atoms with Gasteiger partial charge in [-0.25, -0.2) is 0 Å². The number of hydrogen-bond acceptors (Lipinski definition) is 3. The average molecular weight is 251 g/mol. The molecule has 0 aromatic rings. The second-order valence-electron chi connectivity index (χ2n) is 5.94. The number of unbranched alkanes of at least 4 members (excludes halogenated alkanes) is 1. The molecule has 3 heteroatoms. The maximum atomic E-state index is 9.45. The molecule has 1 N–H and O–H groups in total. The van der Waals surface area contributed by atoms with Crippen molar-refractivity contribution in [3.8, 4) is 6.07 Å². The van der Waals surface area contributed by atoms with Crippen molar-refractivity contribution in [2.45, 2.75) is 77.4 Å². The van der Waals surface area contributed by atoms with E-state index in [1.165, 1.54) is 25.7 Å². The summed E-state index contributed by atoms with van der Waals surface area (Å²) in [5.74, 6) is 0. The Morgan fingerprint density at radius 2 is 2.11 bits per heavy atom. The smallest absolute Gasteiger partial charge is 0.116 e. The maximum Gasteiger partial charge on any atom is 0.116 e. The van der Waals surface area contributed by atoms with E-state index in [1.54, 1.807) is 0 Å². The standard InChI is InChI=1S/C15H29N3/c1-5-7-10-18(13(3)6-2)12-15(4,11-16)17-14-8-9-14/h13-14,17H,5-10,12H2,1-4H3. The Hall–Kier alpha value is -0.590. The molecule has 0 aliphatic heterocycles. The van der Waals surface area contributed by atoms with Crippen LogP contribution in [0.1, 0.15) is 59.8 Å². The van der Waals surface area contributed by atoms with Gasteiger partial charge in [0.15, 0.2) is 0 Å². The molecule has 0 saturated heterocycles. The van der Waals surface area contributed by atoms with Crippen LogP contribution in [0.5, 0.6) is 0 Å². The van der Waals surface area contributed by atoms with Gasteiger partial charge in [-0.15, -0.1) is 0 Å². The molecule has 2 unspecified atom stereocenters. The minimum Gasteiger partial charge on any atom is -0.298 e. The molecular formula is C15H29N3. The van der Waals surface area contributed by atoms with Crippen molar-refractivity contribution in [1.82, 2.24) is 10.2 Å². The molecule has 0 amide bonds. The molecule has 0 bridgehead atoms. The van der Waals surface area contributed by atoms with Crippen LogP contribution < -0.4 is 5.32 Å². The summed E-state index contributed by atoms with van der Waals surface area (Å²) in [5.41, 5.74) is -0.391. The Kier molecular flexibility index (Phi) is 6.11. The summed E-state index contributed by atoms with van der Waals surface area (Å²) in [7, 11) is 0. The van der Waals surface area contributed by atoms with Gasteiger partial charge in [0.25, 0.3) is 0 Å². The second-order valence-corrected chi connectivity index (χ2v) is 5.94. The van der Waals surface area contributed by atoms with E-state index < -0.39 is 5.54 Å². The number of hydrogen-bond donors (Lipinski definition) is 1. The largest absolute Gasteiger partial charge is 0.298 e. The molecule has 18 heavy (non-hydrogen) atoms. The first-order valence-electron chi connectivity index (χ1n) is 7.47. The first-order valence-corrected chi connectivity index (χ1v) is 7.47. The van der Waals surface area contributed by atoms with Gasteiger partial charge in [-0.05, 0) is 46.1 Å². The van der Waals surface area contributed by atoms with E-state index in [9.17, 15) is 5.26 Å². The first kappa shape index (κ1) is 15.5. The van der Waals surface area contributed by atoms with Crippen molar-refractivity contribution in [1.29, 1.82) is 5.26 Å². The van der Waals surface area contributed by atoms with E-state index >= 15 is 0 Å². The molecule has 1 saturated carbocycles. The Balaban J connectivity index is 2.57. The molecule has 104 valence electrons. The van der Waals surface area contributed by atoms with Gasteiger partial charge in [0.05, 0.1) is 6.07 Å². The quantitative estimate of drug-likeness (QED) is 0.685. The monoisotopic (exact) mass is 251 g/mol. The summed E-state index contributed by atoms with van der Waals surface area (Å²) in [6.07, 6.45) is 6.04. The van der Waals surface area contributed by atoms with Gasteiger partial charge >= 0.3 is 0 Å².